The molecule has 0 aliphatic carbocycles. The smallest absolute Gasteiger partial charge is 0.359 e. The first-order chi connectivity index (χ1) is 14.2. The molecule has 2 aromatic rings. The van der Waals surface area contributed by atoms with Crippen LogP contribution in [-0.2, 0) is 11.0 Å². The fraction of sp³-hybridized carbons (Fsp3) is 0.391. The first-order valence-electron chi connectivity index (χ1n) is 9.93. The normalized spacial score (nSPS) is 19.3. The number of halogens is 3. The zero-order valence-corrected chi connectivity index (χ0v) is 17.0. The van der Waals surface area contributed by atoms with E-state index in [1.807, 2.05) is 24.0 Å². The van der Waals surface area contributed by atoms with Crippen LogP contribution in [0.5, 0.6) is 0 Å². The van der Waals surface area contributed by atoms with E-state index < -0.39 is 11.7 Å². The van der Waals surface area contributed by atoms with E-state index in [1.54, 1.807) is 24.1 Å². The quantitative estimate of drug-likeness (QED) is 0.720. The standard InChI is InChI=1S/C23H24F3N3O/c1-3-28(2)22(30)21-13-8-18(17-6-9-19(10-7-17)23(24,25)26)15-29(21)20-11-4-16(14-27)5-12-20/h4-7,9-12,18,21H,3,8,13,15H2,1-2H3/t18?,21-/m0/s1. The maximum absolute atomic E-state index is 12.9. The molecule has 1 amide bonds. The molecule has 4 nitrogen and oxygen atoms in total. The molecule has 0 aromatic heterocycles. The molecule has 0 radical (unpaired) electrons. The van der Waals surface area contributed by atoms with Gasteiger partial charge in [0.15, 0.2) is 0 Å². The zero-order chi connectivity index (χ0) is 21.9. The van der Waals surface area contributed by atoms with Crippen molar-refractivity contribution in [3.05, 3.63) is 65.2 Å². The average molecular weight is 415 g/mol. The summed E-state index contributed by atoms with van der Waals surface area (Å²) in [7, 11) is 1.77. The minimum absolute atomic E-state index is 0.0129. The van der Waals surface area contributed by atoms with E-state index in [2.05, 4.69) is 6.07 Å². The Balaban J connectivity index is 1.88. The lowest BCUT2D eigenvalue weighted by molar-refractivity contribution is -0.137. The molecule has 1 heterocycles. The van der Waals surface area contributed by atoms with Crippen LogP contribution in [0.15, 0.2) is 48.5 Å². The molecule has 1 unspecified atom stereocenters. The monoisotopic (exact) mass is 415 g/mol. The van der Waals surface area contributed by atoms with Crippen LogP contribution < -0.4 is 4.90 Å². The number of nitriles is 1. The van der Waals surface area contributed by atoms with E-state index in [4.69, 9.17) is 5.26 Å². The van der Waals surface area contributed by atoms with Crippen molar-refractivity contribution in [3.8, 4) is 6.07 Å². The molecule has 30 heavy (non-hydrogen) atoms. The lowest BCUT2D eigenvalue weighted by Gasteiger charge is -2.42. The minimum atomic E-state index is -4.36. The lowest BCUT2D eigenvalue weighted by Crippen LogP contribution is -2.51. The fourth-order valence-electron chi connectivity index (χ4n) is 3.87. The van der Waals surface area contributed by atoms with Gasteiger partial charge in [-0.15, -0.1) is 0 Å². The highest BCUT2D eigenvalue weighted by Gasteiger charge is 2.36. The van der Waals surface area contributed by atoms with Gasteiger partial charge in [-0.2, -0.15) is 18.4 Å². The summed E-state index contributed by atoms with van der Waals surface area (Å²) in [5, 5.41) is 9.05. The maximum atomic E-state index is 12.9. The Bertz CT molecular complexity index is 917. The van der Waals surface area contributed by atoms with Crippen molar-refractivity contribution in [2.24, 2.45) is 0 Å². The molecule has 1 aliphatic rings. The molecule has 2 aromatic carbocycles. The fourth-order valence-corrected chi connectivity index (χ4v) is 3.87. The largest absolute Gasteiger partial charge is 0.416 e. The van der Waals surface area contributed by atoms with Gasteiger partial charge in [0.2, 0.25) is 5.91 Å². The summed E-state index contributed by atoms with van der Waals surface area (Å²) >= 11 is 0. The van der Waals surface area contributed by atoms with Crippen molar-refractivity contribution in [1.29, 1.82) is 5.26 Å². The third kappa shape index (κ3) is 4.59. The van der Waals surface area contributed by atoms with Gasteiger partial charge in [0.05, 0.1) is 17.2 Å². The second-order valence-electron chi connectivity index (χ2n) is 7.57. The van der Waals surface area contributed by atoms with Gasteiger partial charge in [0.25, 0.3) is 0 Å². The third-order valence-electron chi connectivity index (χ3n) is 5.75. The Labute approximate surface area is 174 Å². The van der Waals surface area contributed by atoms with Crippen molar-refractivity contribution >= 4 is 11.6 Å². The Morgan fingerprint density at radius 3 is 2.30 bits per heavy atom. The summed E-state index contributed by atoms with van der Waals surface area (Å²) in [5.74, 6) is 0.0339. The van der Waals surface area contributed by atoms with Crippen molar-refractivity contribution in [1.82, 2.24) is 4.90 Å². The maximum Gasteiger partial charge on any atom is 0.416 e. The number of nitrogens with zero attached hydrogens (tertiary/aromatic N) is 3. The number of piperidine rings is 1. The number of alkyl halides is 3. The van der Waals surface area contributed by atoms with Crippen LogP contribution in [0.2, 0.25) is 0 Å². The molecule has 0 bridgehead atoms. The van der Waals surface area contributed by atoms with Crippen LogP contribution >= 0.6 is 0 Å². The molecule has 1 fully saturated rings. The van der Waals surface area contributed by atoms with Gasteiger partial charge in [-0.05, 0) is 61.7 Å². The highest BCUT2D eigenvalue weighted by Crippen LogP contribution is 2.36. The third-order valence-corrected chi connectivity index (χ3v) is 5.75. The number of anilines is 1. The Morgan fingerprint density at radius 2 is 1.77 bits per heavy atom. The summed E-state index contributed by atoms with van der Waals surface area (Å²) in [4.78, 5) is 16.6. The predicted molar refractivity (Wildman–Crippen MR) is 109 cm³/mol. The number of benzene rings is 2. The van der Waals surface area contributed by atoms with Crippen molar-refractivity contribution in [2.45, 2.75) is 37.9 Å². The molecule has 1 saturated heterocycles. The number of carbonyl (C=O) groups excluding carboxylic acids is 1. The number of rotatable bonds is 4. The number of amides is 1. The predicted octanol–water partition coefficient (Wildman–Crippen LogP) is 4.81. The highest BCUT2D eigenvalue weighted by molar-refractivity contribution is 5.85. The van der Waals surface area contributed by atoms with Gasteiger partial charge in [-0.25, -0.2) is 0 Å². The van der Waals surface area contributed by atoms with Gasteiger partial charge in [-0.1, -0.05) is 12.1 Å². The van der Waals surface area contributed by atoms with E-state index in [0.29, 0.717) is 31.5 Å². The summed E-state index contributed by atoms with van der Waals surface area (Å²) in [6, 6.07) is 14.1. The lowest BCUT2D eigenvalue weighted by atomic mass is 9.86. The molecule has 7 heteroatoms. The number of hydrogen-bond donors (Lipinski definition) is 0. The van der Waals surface area contributed by atoms with Crippen molar-refractivity contribution < 1.29 is 18.0 Å². The van der Waals surface area contributed by atoms with Crippen LogP contribution in [0.25, 0.3) is 0 Å². The first-order valence-corrected chi connectivity index (χ1v) is 9.93. The van der Waals surface area contributed by atoms with Gasteiger partial charge in [0, 0.05) is 31.7 Å². The van der Waals surface area contributed by atoms with Gasteiger partial charge < -0.3 is 9.80 Å². The number of likely N-dealkylation sites (N-methyl/N-ethyl adjacent to an activating group) is 1. The first kappa shape index (κ1) is 21.7. The Morgan fingerprint density at radius 1 is 1.13 bits per heavy atom. The van der Waals surface area contributed by atoms with E-state index >= 15 is 0 Å². The highest BCUT2D eigenvalue weighted by atomic mass is 19.4. The molecule has 0 spiro atoms. The molecule has 2 atom stereocenters. The van der Waals surface area contributed by atoms with E-state index in [-0.39, 0.29) is 17.9 Å². The molecule has 0 N–H and O–H groups in total. The van der Waals surface area contributed by atoms with Crippen LogP contribution in [0, 0.1) is 11.3 Å². The summed E-state index contributed by atoms with van der Waals surface area (Å²) in [5.41, 5.74) is 1.53. The minimum Gasteiger partial charge on any atom is -0.359 e. The van der Waals surface area contributed by atoms with E-state index in [1.165, 1.54) is 12.1 Å². The van der Waals surface area contributed by atoms with E-state index in [9.17, 15) is 18.0 Å². The number of hydrogen-bond acceptors (Lipinski definition) is 3. The van der Waals surface area contributed by atoms with E-state index in [0.717, 1.165) is 23.4 Å². The van der Waals surface area contributed by atoms with Gasteiger partial charge >= 0.3 is 6.18 Å². The Hall–Kier alpha value is -3.01. The summed E-state index contributed by atoms with van der Waals surface area (Å²) in [6.45, 7) is 3.03. The topological polar surface area (TPSA) is 47.3 Å². The average Bonchev–Trinajstić information content (AvgIpc) is 2.77. The Kier molecular flexibility index (Phi) is 6.35. The second-order valence-corrected chi connectivity index (χ2v) is 7.57. The SMILES string of the molecule is CCN(C)C(=O)[C@@H]1CCC(c2ccc(C(F)(F)F)cc2)CN1c1ccc(C#N)cc1. The van der Waals surface area contributed by atoms with Crippen LogP contribution in [-0.4, -0.2) is 37.0 Å². The molecule has 1 aliphatic heterocycles. The van der Waals surface area contributed by atoms with Gasteiger partial charge in [-0.3, -0.25) is 4.79 Å². The molecular formula is C23H24F3N3O. The van der Waals surface area contributed by atoms with Crippen molar-refractivity contribution in [2.75, 3.05) is 25.0 Å². The molecule has 3 rings (SSSR count). The summed E-state index contributed by atoms with van der Waals surface area (Å²) < 4.78 is 38.6. The van der Waals surface area contributed by atoms with Crippen LogP contribution in [0.4, 0.5) is 18.9 Å². The summed E-state index contributed by atoms with van der Waals surface area (Å²) in [6.07, 6.45) is -3.04. The second kappa shape index (κ2) is 8.78. The van der Waals surface area contributed by atoms with Crippen LogP contribution in [0.1, 0.15) is 42.4 Å². The molecule has 158 valence electrons. The molecule has 0 saturated carbocycles. The molecular weight excluding hydrogens is 391 g/mol. The van der Waals surface area contributed by atoms with Crippen LogP contribution in [0.3, 0.4) is 0 Å². The van der Waals surface area contributed by atoms with Gasteiger partial charge in [0.1, 0.15) is 6.04 Å². The number of carbonyl (C=O) groups is 1. The zero-order valence-electron chi connectivity index (χ0n) is 17.0. The van der Waals surface area contributed by atoms with Crippen molar-refractivity contribution in [3.63, 3.8) is 0 Å².